The van der Waals surface area contributed by atoms with Crippen molar-refractivity contribution in [3.05, 3.63) is 53.3 Å². The Morgan fingerprint density at radius 2 is 1.95 bits per heavy atom. The van der Waals surface area contributed by atoms with E-state index in [1.807, 2.05) is 30.6 Å². The highest BCUT2D eigenvalue weighted by atomic mass is 16.5. The zero-order valence-corrected chi connectivity index (χ0v) is 13.5. The third-order valence-corrected chi connectivity index (χ3v) is 3.94. The number of pyridine rings is 1. The van der Waals surface area contributed by atoms with Crippen LogP contribution in [0.5, 0.6) is 11.5 Å². The lowest BCUT2D eigenvalue weighted by Crippen LogP contribution is -2.24. The monoisotopic (exact) mass is 295 g/mol. The minimum atomic E-state index is -0.192. The zero-order chi connectivity index (χ0) is 15.7. The molecule has 0 spiro atoms. The molecule has 0 saturated heterocycles. The van der Waals surface area contributed by atoms with Crippen LogP contribution in [0.1, 0.15) is 37.5 Å². The molecule has 1 aromatic heterocycles. The van der Waals surface area contributed by atoms with Crippen molar-refractivity contribution in [3.63, 3.8) is 0 Å². The molecule has 0 unspecified atom stereocenters. The van der Waals surface area contributed by atoms with E-state index in [9.17, 15) is 0 Å². The summed E-state index contributed by atoms with van der Waals surface area (Å²) in [5.74, 6) is 1.69. The van der Waals surface area contributed by atoms with Crippen LogP contribution in [-0.2, 0) is 6.42 Å². The minimum absolute atomic E-state index is 0.192. The maximum atomic E-state index is 6.10. The summed E-state index contributed by atoms with van der Waals surface area (Å²) >= 11 is 0. The van der Waals surface area contributed by atoms with E-state index in [1.54, 1.807) is 7.11 Å². The number of fused-ring (bicyclic) bond motifs is 1. The highest BCUT2D eigenvalue weighted by Gasteiger charge is 2.34. The van der Waals surface area contributed by atoms with Crippen LogP contribution < -0.4 is 9.47 Å². The maximum Gasteiger partial charge on any atom is 0.165 e. The quantitative estimate of drug-likeness (QED) is 0.843. The molecule has 0 atom stereocenters. The fourth-order valence-corrected chi connectivity index (χ4v) is 2.95. The van der Waals surface area contributed by atoms with E-state index < -0.39 is 0 Å². The molecule has 114 valence electrons. The van der Waals surface area contributed by atoms with Crippen LogP contribution in [0.15, 0.2) is 36.7 Å². The number of benzene rings is 1. The highest BCUT2D eigenvalue weighted by Crippen LogP contribution is 2.45. The van der Waals surface area contributed by atoms with Crippen molar-refractivity contribution >= 4 is 11.6 Å². The third kappa shape index (κ3) is 2.71. The summed E-state index contributed by atoms with van der Waals surface area (Å²) in [6, 6.07) is 8.12. The van der Waals surface area contributed by atoms with E-state index in [0.29, 0.717) is 0 Å². The van der Waals surface area contributed by atoms with E-state index in [-0.39, 0.29) is 5.60 Å². The Kier molecular flexibility index (Phi) is 3.65. The van der Waals surface area contributed by atoms with Gasteiger partial charge in [-0.05, 0) is 55.7 Å². The van der Waals surface area contributed by atoms with E-state index in [1.165, 1.54) is 16.7 Å². The molecular weight excluding hydrogens is 274 g/mol. The van der Waals surface area contributed by atoms with Gasteiger partial charge in [0.1, 0.15) is 5.60 Å². The van der Waals surface area contributed by atoms with Crippen LogP contribution in [0.3, 0.4) is 0 Å². The fourth-order valence-electron chi connectivity index (χ4n) is 2.95. The smallest absolute Gasteiger partial charge is 0.165 e. The van der Waals surface area contributed by atoms with Gasteiger partial charge < -0.3 is 9.47 Å². The predicted molar refractivity (Wildman–Crippen MR) is 89.2 cm³/mol. The van der Waals surface area contributed by atoms with Crippen molar-refractivity contribution in [1.29, 1.82) is 0 Å². The van der Waals surface area contributed by atoms with Crippen LogP contribution in [0.2, 0.25) is 0 Å². The van der Waals surface area contributed by atoms with Gasteiger partial charge in [-0.25, -0.2) is 0 Å². The summed E-state index contributed by atoms with van der Waals surface area (Å²) in [4.78, 5) is 4.06. The number of methoxy groups -OCH3 is 1. The van der Waals surface area contributed by atoms with Crippen molar-refractivity contribution in [2.75, 3.05) is 7.11 Å². The van der Waals surface area contributed by atoms with Crippen molar-refractivity contribution in [2.45, 2.75) is 32.8 Å². The zero-order valence-electron chi connectivity index (χ0n) is 13.5. The van der Waals surface area contributed by atoms with Crippen molar-refractivity contribution in [2.24, 2.45) is 0 Å². The summed E-state index contributed by atoms with van der Waals surface area (Å²) in [7, 11) is 1.68. The summed E-state index contributed by atoms with van der Waals surface area (Å²) in [6.07, 6.45) is 6.68. The first kappa shape index (κ1) is 14.6. The number of allylic oxidation sites excluding steroid dienone is 1. The summed E-state index contributed by atoms with van der Waals surface area (Å²) in [5, 5.41) is 0. The van der Waals surface area contributed by atoms with Gasteiger partial charge in [-0.2, -0.15) is 0 Å². The lowest BCUT2D eigenvalue weighted by Gasteiger charge is -2.17. The maximum absolute atomic E-state index is 6.10. The van der Waals surface area contributed by atoms with E-state index >= 15 is 0 Å². The molecule has 3 nitrogen and oxygen atoms in total. The van der Waals surface area contributed by atoms with Crippen LogP contribution in [-0.4, -0.2) is 17.7 Å². The highest BCUT2D eigenvalue weighted by molar-refractivity contribution is 5.83. The van der Waals surface area contributed by atoms with Gasteiger partial charge in [-0.3, -0.25) is 4.98 Å². The van der Waals surface area contributed by atoms with Gasteiger partial charge in [0.25, 0.3) is 0 Å². The molecule has 2 heterocycles. The number of nitrogens with zero attached hydrogens (tertiary/aromatic N) is 1. The summed E-state index contributed by atoms with van der Waals surface area (Å²) in [5.41, 5.74) is 4.62. The van der Waals surface area contributed by atoms with E-state index in [0.717, 1.165) is 23.5 Å². The Morgan fingerprint density at radius 3 is 2.64 bits per heavy atom. The van der Waals surface area contributed by atoms with Gasteiger partial charge in [-0.15, -0.1) is 0 Å². The second kappa shape index (κ2) is 5.48. The van der Waals surface area contributed by atoms with E-state index in [2.05, 4.69) is 37.9 Å². The number of aromatic nitrogens is 1. The normalized spacial score (nSPS) is 16.1. The van der Waals surface area contributed by atoms with Gasteiger partial charge in [0.15, 0.2) is 11.5 Å². The largest absolute Gasteiger partial charge is 0.493 e. The number of hydrogen-bond acceptors (Lipinski definition) is 3. The minimum Gasteiger partial charge on any atom is -0.493 e. The average molecular weight is 295 g/mol. The summed E-state index contributed by atoms with van der Waals surface area (Å²) < 4.78 is 11.5. The molecule has 2 aromatic rings. The molecule has 0 fully saturated rings. The Balaban J connectivity index is 2.06. The Bertz CT molecular complexity index is 718. The first-order chi connectivity index (χ1) is 10.5. The van der Waals surface area contributed by atoms with Crippen molar-refractivity contribution < 1.29 is 9.47 Å². The van der Waals surface area contributed by atoms with Gasteiger partial charge in [0, 0.05) is 24.4 Å². The molecule has 0 aliphatic carbocycles. The predicted octanol–water partition coefficient (Wildman–Crippen LogP) is 4.36. The van der Waals surface area contributed by atoms with Gasteiger partial charge >= 0.3 is 0 Å². The molecule has 1 aromatic carbocycles. The van der Waals surface area contributed by atoms with Crippen LogP contribution >= 0.6 is 0 Å². The van der Waals surface area contributed by atoms with E-state index in [4.69, 9.17) is 9.47 Å². The standard InChI is InChI=1S/C19H21NO2/c1-13(11-14-7-9-20-10-8-14)15-5-6-17(21-4)18-16(15)12-19(2,3)22-18/h5-11H,12H2,1-4H3. The van der Waals surface area contributed by atoms with Gasteiger partial charge in [0.2, 0.25) is 0 Å². The molecule has 0 saturated carbocycles. The molecule has 1 aliphatic heterocycles. The Morgan fingerprint density at radius 1 is 1.23 bits per heavy atom. The lowest BCUT2D eigenvalue weighted by molar-refractivity contribution is 0.134. The molecule has 22 heavy (non-hydrogen) atoms. The second-order valence-corrected chi connectivity index (χ2v) is 6.27. The lowest BCUT2D eigenvalue weighted by atomic mass is 9.93. The fraction of sp³-hybridized carbons (Fsp3) is 0.316. The number of ether oxygens (including phenoxy) is 2. The molecule has 1 aliphatic rings. The first-order valence-corrected chi connectivity index (χ1v) is 7.48. The summed E-state index contributed by atoms with van der Waals surface area (Å²) in [6.45, 7) is 6.35. The van der Waals surface area contributed by atoms with Crippen LogP contribution in [0, 0.1) is 0 Å². The van der Waals surface area contributed by atoms with Crippen LogP contribution in [0.25, 0.3) is 11.6 Å². The van der Waals surface area contributed by atoms with Gasteiger partial charge in [0.05, 0.1) is 7.11 Å². The number of hydrogen-bond donors (Lipinski definition) is 0. The molecule has 3 heteroatoms. The molecule has 0 amide bonds. The molecule has 0 N–H and O–H groups in total. The third-order valence-electron chi connectivity index (χ3n) is 3.94. The number of rotatable bonds is 3. The topological polar surface area (TPSA) is 31.4 Å². The molecule has 0 radical (unpaired) electrons. The van der Waals surface area contributed by atoms with Crippen molar-refractivity contribution in [1.82, 2.24) is 4.98 Å². The SMILES string of the molecule is COc1ccc(C(C)=Cc2ccncc2)c2c1OC(C)(C)C2. The first-order valence-electron chi connectivity index (χ1n) is 7.48. The molecule has 0 bridgehead atoms. The molecule has 3 rings (SSSR count). The average Bonchev–Trinajstić information content (AvgIpc) is 2.82. The Labute approximate surface area is 131 Å². The second-order valence-electron chi connectivity index (χ2n) is 6.27. The Hall–Kier alpha value is -2.29. The van der Waals surface area contributed by atoms with Gasteiger partial charge in [-0.1, -0.05) is 12.1 Å². The van der Waals surface area contributed by atoms with Crippen LogP contribution in [0.4, 0.5) is 0 Å². The molecular formula is C19H21NO2. The van der Waals surface area contributed by atoms with Crippen molar-refractivity contribution in [3.8, 4) is 11.5 Å².